The molecule has 0 saturated heterocycles. The van der Waals surface area contributed by atoms with Crippen molar-refractivity contribution >= 4 is 35.0 Å². The Hall–Kier alpha value is -2.82. The van der Waals surface area contributed by atoms with E-state index in [9.17, 15) is 9.59 Å². The fraction of sp³-hybridized carbons (Fsp3) is 0.167. The predicted octanol–water partition coefficient (Wildman–Crippen LogP) is 5.40. The van der Waals surface area contributed by atoms with E-state index < -0.39 is 6.04 Å². The summed E-state index contributed by atoms with van der Waals surface area (Å²) < 4.78 is 0. The molecule has 0 aliphatic heterocycles. The summed E-state index contributed by atoms with van der Waals surface area (Å²) in [7, 11) is 0. The highest BCUT2D eigenvalue weighted by Gasteiger charge is 2.29. The van der Waals surface area contributed by atoms with Crippen molar-refractivity contribution in [1.29, 1.82) is 0 Å². The number of nitrogens with zero attached hydrogens (tertiary/aromatic N) is 1. The van der Waals surface area contributed by atoms with Gasteiger partial charge in [0, 0.05) is 30.1 Å². The average Bonchev–Trinajstić information content (AvgIpc) is 2.74. The smallest absolute Gasteiger partial charge is 0.247 e. The van der Waals surface area contributed by atoms with E-state index >= 15 is 0 Å². The minimum Gasteiger partial charge on any atom is -0.350 e. The molecule has 3 rings (SSSR count). The fourth-order valence-electron chi connectivity index (χ4n) is 3.22. The van der Waals surface area contributed by atoms with Gasteiger partial charge < -0.3 is 10.2 Å². The SMILES string of the molecule is CC(=O)N(Cc1ccccc1)[C@H](C(=O)NCc1ccc(Cl)cc1Cl)c1ccccc1. The van der Waals surface area contributed by atoms with Crippen LogP contribution < -0.4 is 5.32 Å². The molecule has 0 saturated carbocycles. The van der Waals surface area contributed by atoms with Crippen LogP contribution in [0.4, 0.5) is 0 Å². The van der Waals surface area contributed by atoms with Crippen LogP contribution in [0.2, 0.25) is 10.0 Å². The van der Waals surface area contributed by atoms with Crippen LogP contribution in [0.1, 0.15) is 29.7 Å². The van der Waals surface area contributed by atoms with E-state index in [1.54, 1.807) is 23.1 Å². The highest BCUT2D eigenvalue weighted by Crippen LogP contribution is 2.25. The Bertz CT molecular complexity index is 1010. The molecule has 3 aromatic carbocycles. The van der Waals surface area contributed by atoms with Crippen molar-refractivity contribution < 1.29 is 9.59 Å². The lowest BCUT2D eigenvalue weighted by Gasteiger charge is -2.30. The number of halogens is 2. The summed E-state index contributed by atoms with van der Waals surface area (Å²) in [6.07, 6.45) is 0. The minimum absolute atomic E-state index is 0.188. The van der Waals surface area contributed by atoms with E-state index in [4.69, 9.17) is 23.2 Å². The van der Waals surface area contributed by atoms with Gasteiger partial charge in [0.25, 0.3) is 0 Å². The van der Waals surface area contributed by atoms with Crippen LogP contribution in [0, 0.1) is 0 Å². The molecular weight excluding hydrogens is 419 g/mol. The molecule has 0 spiro atoms. The topological polar surface area (TPSA) is 49.4 Å². The van der Waals surface area contributed by atoms with E-state index in [0.29, 0.717) is 16.6 Å². The number of rotatable bonds is 7. The van der Waals surface area contributed by atoms with Gasteiger partial charge >= 0.3 is 0 Å². The third kappa shape index (κ3) is 5.62. The summed E-state index contributed by atoms with van der Waals surface area (Å²) >= 11 is 12.2. The Labute approximate surface area is 186 Å². The van der Waals surface area contributed by atoms with Gasteiger partial charge in [-0.05, 0) is 28.8 Å². The summed E-state index contributed by atoms with van der Waals surface area (Å²) in [4.78, 5) is 27.4. The molecule has 1 atom stereocenters. The third-order valence-electron chi connectivity index (χ3n) is 4.74. The number of nitrogens with one attached hydrogen (secondary N) is 1. The van der Waals surface area contributed by atoms with E-state index in [-0.39, 0.29) is 18.4 Å². The molecule has 4 nitrogen and oxygen atoms in total. The molecule has 0 unspecified atom stereocenters. The largest absolute Gasteiger partial charge is 0.350 e. The summed E-state index contributed by atoms with van der Waals surface area (Å²) in [5.74, 6) is -0.467. The molecule has 0 bridgehead atoms. The molecule has 0 heterocycles. The molecule has 0 aliphatic rings. The van der Waals surface area contributed by atoms with Crippen LogP contribution in [0.3, 0.4) is 0 Å². The van der Waals surface area contributed by atoms with Crippen LogP contribution in [0.15, 0.2) is 78.9 Å². The van der Waals surface area contributed by atoms with Crippen LogP contribution in [-0.2, 0) is 22.7 Å². The van der Waals surface area contributed by atoms with Crippen LogP contribution in [0.25, 0.3) is 0 Å². The number of hydrogen-bond donors (Lipinski definition) is 1. The van der Waals surface area contributed by atoms with E-state index in [1.165, 1.54) is 6.92 Å². The van der Waals surface area contributed by atoms with Crippen molar-refractivity contribution in [2.45, 2.75) is 26.1 Å². The van der Waals surface area contributed by atoms with Crippen molar-refractivity contribution in [2.24, 2.45) is 0 Å². The molecule has 154 valence electrons. The van der Waals surface area contributed by atoms with Gasteiger partial charge in [-0.15, -0.1) is 0 Å². The second-order valence-electron chi connectivity index (χ2n) is 6.90. The van der Waals surface area contributed by atoms with Crippen LogP contribution in [-0.4, -0.2) is 16.7 Å². The van der Waals surface area contributed by atoms with Crippen molar-refractivity contribution in [3.63, 3.8) is 0 Å². The number of benzene rings is 3. The van der Waals surface area contributed by atoms with Gasteiger partial charge in [0.15, 0.2) is 0 Å². The van der Waals surface area contributed by atoms with E-state index in [0.717, 1.165) is 16.7 Å². The number of carbonyl (C=O) groups is 2. The third-order valence-corrected chi connectivity index (χ3v) is 5.33. The zero-order chi connectivity index (χ0) is 21.5. The zero-order valence-corrected chi connectivity index (χ0v) is 18.0. The highest BCUT2D eigenvalue weighted by atomic mass is 35.5. The summed E-state index contributed by atoms with van der Waals surface area (Å²) in [5.41, 5.74) is 2.43. The van der Waals surface area contributed by atoms with Crippen molar-refractivity contribution in [2.75, 3.05) is 0 Å². The quantitative estimate of drug-likeness (QED) is 0.534. The Balaban J connectivity index is 1.87. The first-order valence-corrected chi connectivity index (χ1v) is 10.3. The lowest BCUT2D eigenvalue weighted by molar-refractivity contribution is -0.140. The summed E-state index contributed by atoms with van der Waals surface area (Å²) in [6.45, 7) is 2.03. The first-order valence-electron chi connectivity index (χ1n) is 9.53. The molecule has 2 amide bonds. The monoisotopic (exact) mass is 440 g/mol. The Kier molecular flexibility index (Phi) is 7.50. The van der Waals surface area contributed by atoms with Gasteiger partial charge in [0.2, 0.25) is 11.8 Å². The lowest BCUT2D eigenvalue weighted by atomic mass is 10.0. The molecule has 0 fully saturated rings. The fourth-order valence-corrected chi connectivity index (χ4v) is 3.69. The maximum atomic E-state index is 13.3. The number of amides is 2. The first-order chi connectivity index (χ1) is 14.5. The number of carbonyl (C=O) groups excluding carboxylic acids is 2. The maximum absolute atomic E-state index is 13.3. The van der Waals surface area contributed by atoms with Crippen molar-refractivity contribution in [3.05, 3.63) is 106 Å². The van der Waals surface area contributed by atoms with E-state index in [2.05, 4.69) is 5.32 Å². The van der Waals surface area contributed by atoms with Crippen LogP contribution >= 0.6 is 23.2 Å². The second-order valence-corrected chi connectivity index (χ2v) is 7.74. The molecular formula is C24H22Cl2N2O2. The summed E-state index contributed by atoms with van der Waals surface area (Å²) in [5, 5.41) is 3.93. The van der Waals surface area contributed by atoms with Crippen molar-refractivity contribution in [3.8, 4) is 0 Å². The molecule has 0 radical (unpaired) electrons. The Morgan fingerprint density at radius 3 is 2.17 bits per heavy atom. The average molecular weight is 441 g/mol. The van der Waals surface area contributed by atoms with Gasteiger partial charge in [0.05, 0.1) is 0 Å². The van der Waals surface area contributed by atoms with Gasteiger partial charge in [-0.2, -0.15) is 0 Å². The molecule has 30 heavy (non-hydrogen) atoms. The lowest BCUT2D eigenvalue weighted by Crippen LogP contribution is -2.42. The van der Waals surface area contributed by atoms with Gasteiger partial charge in [0.1, 0.15) is 6.04 Å². The van der Waals surface area contributed by atoms with Crippen LogP contribution in [0.5, 0.6) is 0 Å². The second kappa shape index (κ2) is 10.3. The van der Waals surface area contributed by atoms with Crippen molar-refractivity contribution in [1.82, 2.24) is 10.2 Å². The highest BCUT2D eigenvalue weighted by molar-refractivity contribution is 6.35. The maximum Gasteiger partial charge on any atom is 0.247 e. The Morgan fingerprint density at radius 2 is 1.57 bits per heavy atom. The molecule has 6 heteroatoms. The molecule has 0 aliphatic carbocycles. The zero-order valence-electron chi connectivity index (χ0n) is 16.5. The summed E-state index contributed by atoms with van der Waals surface area (Å²) in [6, 6.07) is 23.2. The Morgan fingerprint density at radius 1 is 0.933 bits per heavy atom. The molecule has 0 aromatic heterocycles. The van der Waals surface area contributed by atoms with Gasteiger partial charge in [-0.25, -0.2) is 0 Å². The first kappa shape index (κ1) is 21.9. The van der Waals surface area contributed by atoms with Gasteiger partial charge in [-0.3, -0.25) is 9.59 Å². The molecule has 1 N–H and O–H groups in total. The minimum atomic E-state index is -0.769. The van der Waals surface area contributed by atoms with Gasteiger partial charge in [-0.1, -0.05) is 89.9 Å². The predicted molar refractivity (Wildman–Crippen MR) is 120 cm³/mol. The van der Waals surface area contributed by atoms with E-state index in [1.807, 2.05) is 60.7 Å². The normalized spacial score (nSPS) is 11.6. The number of hydrogen-bond acceptors (Lipinski definition) is 2. The molecule has 3 aromatic rings. The standard InChI is InChI=1S/C24H22Cl2N2O2/c1-17(29)28(16-18-8-4-2-5-9-18)23(19-10-6-3-7-11-19)24(30)27-15-20-12-13-21(25)14-22(20)26/h2-14,23H,15-16H2,1H3,(H,27,30)/t23-/m0/s1.